The summed E-state index contributed by atoms with van der Waals surface area (Å²) in [5, 5.41) is 5.74. The Morgan fingerprint density at radius 3 is 1.52 bits per heavy atom. The highest BCUT2D eigenvalue weighted by Crippen LogP contribution is 2.37. The maximum absolute atomic E-state index is 14.0. The van der Waals surface area contributed by atoms with Gasteiger partial charge in [0.25, 0.3) is 11.8 Å². The molecule has 0 unspecified atom stereocenters. The third-order valence-electron chi connectivity index (χ3n) is 9.19. The van der Waals surface area contributed by atoms with Gasteiger partial charge in [0.05, 0.1) is 24.5 Å². The summed E-state index contributed by atoms with van der Waals surface area (Å²) in [6.07, 6.45) is 0.250. The number of nitrogens with zero attached hydrogens (tertiary/aromatic N) is 2. The minimum absolute atomic E-state index is 0.00496. The number of hydrogen-bond acceptors (Lipinski definition) is 10. The molecule has 12 nitrogen and oxygen atoms in total. The third-order valence-corrected chi connectivity index (χ3v) is 9.19. The molecule has 4 aliphatic heterocycles. The zero-order valence-corrected chi connectivity index (χ0v) is 29.7. The van der Waals surface area contributed by atoms with Crippen LogP contribution in [0.15, 0.2) is 84.9 Å². The average molecular weight is 707 g/mol. The first-order valence-electron chi connectivity index (χ1n) is 17.3. The zero-order valence-electron chi connectivity index (χ0n) is 29.7. The van der Waals surface area contributed by atoms with E-state index in [1.165, 1.54) is 0 Å². The lowest BCUT2D eigenvalue weighted by Gasteiger charge is -2.24. The first-order valence-corrected chi connectivity index (χ1v) is 17.3. The zero-order chi connectivity index (χ0) is 37.0. The van der Waals surface area contributed by atoms with E-state index in [9.17, 15) is 19.2 Å². The van der Waals surface area contributed by atoms with Crippen molar-refractivity contribution in [3.8, 4) is 11.5 Å². The first-order chi connectivity index (χ1) is 25.2. The van der Waals surface area contributed by atoms with Gasteiger partial charge in [-0.1, -0.05) is 66.7 Å². The quantitative estimate of drug-likeness (QED) is 0.209. The molecule has 12 heteroatoms. The molecule has 0 saturated carbocycles. The molecule has 4 heterocycles. The van der Waals surface area contributed by atoms with Crippen LogP contribution in [-0.2, 0) is 13.2 Å². The van der Waals surface area contributed by atoms with Crippen molar-refractivity contribution in [3.63, 3.8) is 0 Å². The van der Waals surface area contributed by atoms with Crippen LogP contribution in [0.5, 0.6) is 11.5 Å². The summed E-state index contributed by atoms with van der Waals surface area (Å²) in [6.45, 7) is 4.67. The van der Waals surface area contributed by atoms with Crippen LogP contribution in [0, 0.1) is 13.8 Å². The Morgan fingerprint density at radius 2 is 0.981 bits per heavy atom. The Kier molecular flexibility index (Phi) is 13.2. The van der Waals surface area contributed by atoms with Crippen molar-refractivity contribution >= 4 is 23.4 Å². The van der Waals surface area contributed by atoms with Crippen molar-refractivity contribution in [2.45, 2.75) is 39.9 Å². The summed E-state index contributed by atoms with van der Waals surface area (Å²) in [5.41, 5.74) is 16.6. The van der Waals surface area contributed by atoms with Crippen LogP contribution >= 0.6 is 0 Å². The maximum Gasteiger partial charge on any atom is 0.256 e. The number of hydrogen-bond donors (Lipinski definition) is 4. The first kappa shape index (κ1) is 37.8. The van der Waals surface area contributed by atoms with Crippen molar-refractivity contribution < 1.29 is 28.7 Å². The highest BCUT2D eigenvalue weighted by atomic mass is 16.5. The van der Waals surface area contributed by atoms with Crippen LogP contribution in [0.25, 0.3) is 0 Å². The lowest BCUT2D eigenvalue weighted by Crippen LogP contribution is -2.46. The molecule has 4 aromatic rings. The molecule has 0 saturated heterocycles. The van der Waals surface area contributed by atoms with Gasteiger partial charge < -0.3 is 31.6 Å². The van der Waals surface area contributed by atoms with E-state index in [4.69, 9.17) is 20.9 Å². The van der Waals surface area contributed by atoms with Crippen molar-refractivity contribution in [3.05, 3.63) is 129 Å². The Morgan fingerprint density at radius 1 is 0.558 bits per heavy atom. The van der Waals surface area contributed by atoms with Crippen molar-refractivity contribution in [1.29, 1.82) is 0 Å². The van der Waals surface area contributed by atoms with Gasteiger partial charge in [-0.15, -0.1) is 0 Å². The van der Waals surface area contributed by atoms with E-state index in [-0.39, 0.29) is 99.4 Å². The molecule has 0 radical (unpaired) electrons. The van der Waals surface area contributed by atoms with Gasteiger partial charge in [-0.05, 0) is 54.3 Å². The summed E-state index contributed by atoms with van der Waals surface area (Å²) in [4.78, 5) is 57.9. The highest BCUT2D eigenvalue weighted by molar-refractivity contribution is 6.04. The summed E-state index contributed by atoms with van der Waals surface area (Å²) in [7, 11) is 0. The van der Waals surface area contributed by atoms with E-state index in [1.54, 1.807) is 36.1 Å². The van der Waals surface area contributed by atoms with Crippen LogP contribution in [0.3, 0.4) is 0 Å². The van der Waals surface area contributed by atoms with Crippen LogP contribution in [-0.4, -0.2) is 72.9 Å². The van der Waals surface area contributed by atoms with Gasteiger partial charge in [0.2, 0.25) is 0 Å². The second-order valence-corrected chi connectivity index (χ2v) is 12.6. The molecule has 272 valence electrons. The molecule has 4 aliphatic rings. The number of Topliss-reactive ketones (excluding diaryl/α,β-unsaturated/α-hetero) is 2. The summed E-state index contributed by atoms with van der Waals surface area (Å²) >= 11 is 0. The Labute approximate surface area is 304 Å². The number of rotatable bonds is 8. The fraction of sp³-hybridized carbons (Fsp3) is 0.300. The number of carbonyl (C=O) groups is 4. The molecule has 0 spiro atoms. The van der Waals surface area contributed by atoms with E-state index in [1.807, 2.05) is 72.5 Å². The minimum atomic E-state index is -0.487. The van der Waals surface area contributed by atoms with E-state index < -0.39 is 5.91 Å². The molecule has 4 bridgehead atoms. The van der Waals surface area contributed by atoms with Gasteiger partial charge >= 0.3 is 0 Å². The van der Waals surface area contributed by atoms with Crippen molar-refractivity contribution in [1.82, 2.24) is 20.4 Å². The van der Waals surface area contributed by atoms with Crippen LogP contribution in [0.4, 0.5) is 0 Å². The third kappa shape index (κ3) is 9.47. The average Bonchev–Trinajstić information content (AvgIpc) is 3.17. The topological polar surface area (TPSA) is 169 Å². The van der Waals surface area contributed by atoms with Gasteiger partial charge in [0, 0.05) is 50.4 Å². The number of ketones is 2. The van der Waals surface area contributed by atoms with Crippen molar-refractivity contribution in [2.24, 2.45) is 11.5 Å². The molecule has 0 atom stereocenters. The molecule has 8 rings (SSSR count). The van der Waals surface area contributed by atoms with Gasteiger partial charge in [-0.25, -0.2) is 0 Å². The molecule has 0 aliphatic carbocycles. The van der Waals surface area contributed by atoms with E-state index >= 15 is 0 Å². The maximum atomic E-state index is 14.0. The van der Waals surface area contributed by atoms with Crippen LogP contribution in [0.1, 0.15) is 76.5 Å². The number of ether oxygens (including phenoxy) is 2. The smallest absolute Gasteiger partial charge is 0.256 e. The fourth-order valence-corrected chi connectivity index (χ4v) is 5.90. The highest BCUT2D eigenvalue weighted by Gasteiger charge is 2.26. The van der Waals surface area contributed by atoms with E-state index in [2.05, 4.69) is 10.6 Å². The number of nitrogens with two attached hydrogens (primary N) is 2. The van der Waals surface area contributed by atoms with E-state index in [0.29, 0.717) is 28.8 Å². The summed E-state index contributed by atoms with van der Waals surface area (Å²) in [6, 6.07) is 25.4. The molecule has 52 heavy (non-hydrogen) atoms. The lowest BCUT2D eigenvalue weighted by atomic mass is 9.94. The van der Waals surface area contributed by atoms with E-state index in [0.717, 1.165) is 11.1 Å². The van der Waals surface area contributed by atoms with Gasteiger partial charge in [-0.2, -0.15) is 0 Å². The van der Waals surface area contributed by atoms with Gasteiger partial charge in [0.1, 0.15) is 13.2 Å². The standard InChI is InChI=1S/C40H46N6O6/c1-27-28(2)32-14-13-31(27)35(47)17-19-45(23-41)20-18-36(48)33-15-16-34(40(50)44-26-46(24-42)25-43-39(32)49)38(52-22-30-11-7-4-8-12-30)37(33)51-21-29-9-5-3-6-10-29/h3-16H,17-26,41-42H2,1-2H3,(H,43,49)(H,44,50). The Hall–Kier alpha value is -5.40. The number of carbonyl (C=O) groups excluding carboxylic acids is 4. The molecule has 0 aromatic heterocycles. The summed E-state index contributed by atoms with van der Waals surface area (Å²) < 4.78 is 12.7. The molecule has 2 amide bonds. The SMILES string of the molecule is Cc1c2ccc(c1C)C(=O)NCN(CN)CNC(=O)c1ccc(c(OCc3ccccc3)c1OCc1ccccc1)C(=O)CCN(CN)CCC2=O. The predicted molar refractivity (Wildman–Crippen MR) is 198 cm³/mol. The molecule has 4 aromatic carbocycles. The molecular weight excluding hydrogens is 660 g/mol. The second kappa shape index (κ2) is 18.2. The predicted octanol–water partition coefficient (Wildman–Crippen LogP) is 4.13. The lowest BCUT2D eigenvalue weighted by molar-refractivity contribution is 0.0881. The minimum Gasteiger partial charge on any atom is -0.484 e. The normalized spacial score (nSPS) is 15.5. The Bertz CT molecular complexity index is 1750. The summed E-state index contributed by atoms with van der Waals surface area (Å²) in [5.74, 6) is -0.883. The number of benzene rings is 4. The monoisotopic (exact) mass is 706 g/mol. The van der Waals surface area contributed by atoms with Gasteiger partial charge in [-0.3, -0.25) is 29.0 Å². The molecular formula is C40H46N6O6. The van der Waals surface area contributed by atoms with Crippen molar-refractivity contribution in [2.75, 3.05) is 39.8 Å². The molecule has 6 N–H and O–H groups in total. The van der Waals surface area contributed by atoms with Crippen LogP contribution < -0.4 is 31.6 Å². The largest absolute Gasteiger partial charge is 0.484 e. The number of nitrogens with one attached hydrogen (secondary N) is 2. The Balaban J connectivity index is 1.52. The second-order valence-electron chi connectivity index (χ2n) is 12.6. The number of amides is 2. The fourth-order valence-electron chi connectivity index (χ4n) is 5.90. The van der Waals surface area contributed by atoms with Gasteiger partial charge in [0.15, 0.2) is 23.1 Å². The molecule has 0 fully saturated rings. The van der Waals surface area contributed by atoms with Crippen LogP contribution in [0.2, 0.25) is 0 Å².